The normalized spacial score (nSPS) is 12.7. The minimum atomic E-state index is 0.413. The van der Waals surface area contributed by atoms with Crippen molar-refractivity contribution in [3.05, 3.63) is 59.5 Å². The summed E-state index contributed by atoms with van der Waals surface area (Å²) in [5, 5.41) is 7.03. The molecular formula is C19H21NS. The first kappa shape index (κ1) is 14.3. The summed E-state index contributed by atoms with van der Waals surface area (Å²) in [4.78, 5) is 0. The first-order chi connectivity index (χ1) is 10.3. The first-order valence-corrected chi connectivity index (χ1v) is 8.47. The lowest BCUT2D eigenvalue weighted by atomic mass is 10.0. The fraction of sp³-hybridized carbons (Fsp3) is 0.263. The highest BCUT2D eigenvalue weighted by atomic mass is 32.1. The molecule has 1 nitrogen and oxygen atoms in total. The topological polar surface area (TPSA) is 12.0 Å². The molecule has 1 unspecified atom stereocenters. The van der Waals surface area contributed by atoms with Crippen molar-refractivity contribution in [2.75, 3.05) is 6.54 Å². The summed E-state index contributed by atoms with van der Waals surface area (Å²) < 4.78 is 1.38. The Morgan fingerprint density at radius 2 is 1.86 bits per heavy atom. The van der Waals surface area contributed by atoms with Crippen LogP contribution in [0.2, 0.25) is 0 Å². The van der Waals surface area contributed by atoms with E-state index in [1.165, 1.54) is 33.2 Å². The molecule has 2 aromatic carbocycles. The van der Waals surface area contributed by atoms with Gasteiger partial charge in [-0.1, -0.05) is 49.4 Å². The average Bonchev–Trinajstić information content (AvgIpc) is 3.01. The number of thiophene rings is 1. The minimum absolute atomic E-state index is 0.413. The fourth-order valence-corrected chi connectivity index (χ4v) is 3.59. The van der Waals surface area contributed by atoms with Gasteiger partial charge in [0.25, 0.3) is 0 Å². The lowest BCUT2D eigenvalue weighted by Gasteiger charge is -2.14. The zero-order chi connectivity index (χ0) is 14.7. The molecule has 1 heterocycles. The maximum absolute atomic E-state index is 3.54. The van der Waals surface area contributed by atoms with Gasteiger partial charge in [0, 0.05) is 10.7 Å². The van der Waals surface area contributed by atoms with Gasteiger partial charge in [-0.3, -0.25) is 0 Å². The zero-order valence-corrected chi connectivity index (χ0v) is 13.4. The molecular weight excluding hydrogens is 274 g/mol. The Balaban J connectivity index is 1.89. The minimum Gasteiger partial charge on any atom is -0.310 e. The Labute approximate surface area is 130 Å². The van der Waals surface area contributed by atoms with E-state index in [1.54, 1.807) is 0 Å². The average molecular weight is 295 g/mol. The Kier molecular flexibility index (Phi) is 4.37. The van der Waals surface area contributed by atoms with E-state index in [9.17, 15) is 0 Å². The number of rotatable bonds is 5. The summed E-state index contributed by atoms with van der Waals surface area (Å²) in [5.74, 6) is 0. The van der Waals surface area contributed by atoms with Crippen molar-refractivity contribution in [3.8, 4) is 11.1 Å². The quantitative estimate of drug-likeness (QED) is 0.643. The third-order valence-electron chi connectivity index (χ3n) is 3.90. The van der Waals surface area contributed by atoms with Gasteiger partial charge in [-0.2, -0.15) is 0 Å². The standard InChI is InChI=1S/C19H21NS/c1-3-12-20-14(2)15-7-9-16(10-8-15)18-6-4-5-17-11-13-21-19(17)18/h4-11,13-14,20H,3,12H2,1-2H3. The van der Waals surface area contributed by atoms with Gasteiger partial charge in [0.2, 0.25) is 0 Å². The van der Waals surface area contributed by atoms with Crippen molar-refractivity contribution >= 4 is 21.4 Å². The van der Waals surface area contributed by atoms with Crippen molar-refractivity contribution in [2.45, 2.75) is 26.3 Å². The van der Waals surface area contributed by atoms with Gasteiger partial charge in [-0.15, -0.1) is 11.3 Å². The maximum atomic E-state index is 3.54. The zero-order valence-electron chi connectivity index (χ0n) is 12.6. The van der Waals surface area contributed by atoms with Crippen LogP contribution in [-0.4, -0.2) is 6.54 Å². The molecule has 3 aromatic rings. The van der Waals surface area contributed by atoms with Gasteiger partial charge >= 0.3 is 0 Å². The third-order valence-corrected chi connectivity index (χ3v) is 4.86. The van der Waals surface area contributed by atoms with E-state index in [2.05, 4.69) is 73.1 Å². The van der Waals surface area contributed by atoms with E-state index >= 15 is 0 Å². The molecule has 2 heteroatoms. The van der Waals surface area contributed by atoms with Crippen LogP contribution in [-0.2, 0) is 0 Å². The number of fused-ring (bicyclic) bond motifs is 1. The molecule has 0 saturated heterocycles. The Hall–Kier alpha value is -1.64. The predicted molar refractivity (Wildman–Crippen MR) is 94.0 cm³/mol. The van der Waals surface area contributed by atoms with Crippen molar-refractivity contribution < 1.29 is 0 Å². The van der Waals surface area contributed by atoms with Crippen LogP contribution in [0.5, 0.6) is 0 Å². The highest BCUT2D eigenvalue weighted by Gasteiger charge is 2.07. The number of nitrogens with one attached hydrogen (secondary N) is 1. The highest BCUT2D eigenvalue weighted by Crippen LogP contribution is 2.32. The molecule has 1 aromatic heterocycles. The molecule has 0 amide bonds. The van der Waals surface area contributed by atoms with E-state index in [-0.39, 0.29) is 0 Å². The van der Waals surface area contributed by atoms with Crippen LogP contribution in [0.15, 0.2) is 53.9 Å². The van der Waals surface area contributed by atoms with Crippen molar-refractivity contribution in [2.24, 2.45) is 0 Å². The molecule has 0 fully saturated rings. The molecule has 0 saturated carbocycles. The van der Waals surface area contributed by atoms with Gasteiger partial charge in [0.1, 0.15) is 0 Å². The molecule has 0 bridgehead atoms. The molecule has 0 aliphatic rings. The smallest absolute Gasteiger partial charge is 0.0421 e. The predicted octanol–water partition coefficient (Wildman–Crippen LogP) is 5.63. The Morgan fingerprint density at radius 3 is 2.62 bits per heavy atom. The number of benzene rings is 2. The fourth-order valence-electron chi connectivity index (χ4n) is 2.65. The molecule has 108 valence electrons. The summed E-state index contributed by atoms with van der Waals surface area (Å²) in [6, 6.07) is 18.1. The lowest BCUT2D eigenvalue weighted by Crippen LogP contribution is -2.19. The largest absolute Gasteiger partial charge is 0.310 e. The Bertz CT molecular complexity index is 712. The molecule has 21 heavy (non-hydrogen) atoms. The van der Waals surface area contributed by atoms with E-state index in [1.807, 2.05) is 11.3 Å². The summed E-state index contributed by atoms with van der Waals surface area (Å²) in [6.45, 7) is 5.49. The van der Waals surface area contributed by atoms with E-state index in [0.717, 1.165) is 6.54 Å². The molecule has 0 radical (unpaired) electrons. The van der Waals surface area contributed by atoms with Gasteiger partial charge in [0.05, 0.1) is 0 Å². The van der Waals surface area contributed by atoms with Crippen molar-refractivity contribution in [3.63, 3.8) is 0 Å². The third kappa shape index (κ3) is 3.02. The molecule has 0 aliphatic heterocycles. The van der Waals surface area contributed by atoms with Gasteiger partial charge in [-0.05, 0) is 53.4 Å². The maximum Gasteiger partial charge on any atom is 0.0421 e. The van der Waals surface area contributed by atoms with Crippen molar-refractivity contribution in [1.29, 1.82) is 0 Å². The van der Waals surface area contributed by atoms with E-state index in [4.69, 9.17) is 0 Å². The van der Waals surface area contributed by atoms with Crippen molar-refractivity contribution in [1.82, 2.24) is 5.32 Å². The monoisotopic (exact) mass is 295 g/mol. The summed E-state index contributed by atoms with van der Waals surface area (Å²) in [6.07, 6.45) is 1.17. The van der Waals surface area contributed by atoms with Crippen LogP contribution >= 0.6 is 11.3 Å². The van der Waals surface area contributed by atoms with Crippen LogP contribution in [0.3, 0.4) is 0 Å². The highest BCUT2D eigenvalue weighted by molar-refractivity contribution is 7.17. The number of hydrogen-bond donors (Lipinski definition) is 1. The summed E-state index contributed by atoms with van der Waals surface area (Å²) in [5.41, 5.74) is 3.99. The second-order valence-corrected chi connectivity index (χ2v) is 6.36. The SMILES string of the molecule is CCCNC(C)c1ccc(-c2cccc3ccsc23)cc1. The lowest BCUT2D eigenvalue weighted by molar-refractivity contribution is 0.571. The van der Waals surface area contributed by atoms with Gasteiger partial charge in [-0.25, -0.2) is 0 Å². The summed E-state index contributed by atoms with van der Waals surface area (Å²) in [7, 11) is 0. The van der Waals surface area contributed by atoms with Crippen LogP contribution in [0, 0.1) is 0 Å². The summed E-state index contributed by atoms with van der Waals surface area (Å²) >= 11 is 1.82. The first-order valence-electron chi connectivity index (χ1n) is 7.59. The second kappa shape index (κ2) is 6.42. The van der Waals surface area contributed by atoms with Crippen LogP contribution < -0.4 is 5.32 Å². The molecule has 3 rings (SSSR count). The molecule has 1 N–H and O–H groups in total. The molecule has 1 atom stereocenters. The van der Waals surface area contributed by atoms with Crippen LogP contribution in [0.1, 0.15) is 31.9 Å². The van der Waals surface area contributed by atoms with Gasteiger partial charge in [0.15, 0.2) is 0 Å². The Morgan fingerprint density at radius 1 is 1.05 bits per heavy atom. The second-order valence-electron chi connectivity index (χ2n) is 5.44. The van der Waals surface area contributed by atoms with Crippen LogP contribution in [0.4, 0.5) is 0 Å². The molecule has 0 aliphatic carbocycles. The van der Waals surface area contributed by atoms with Crippen LogP contribution in [0.25, 0.3) is 21.2 Å². The van der Waals surface area contributed by atoms with E-state index in [0.29, 0.717) is 6.04 Å². The molecule has 0 spiro atoms. The van der Waals surface area contributed by atoms with E-state index < -0.39 is 0 Å². The number of hydrogen-bond acceptors (Lipinski definition) is 2. The van der Waals surface area contributed by atoms with Gasteiger partial charge < -0.3 is 5.32 Å².